The maximum absolute atomic E-state index is 13.5. The van der Waals surface area contributed by atoms with E-state index in [9.17, 15) is 61.0 Å². The fraction of sp³-hybridized carbons (Fsp3) is 0.716. The number of hydrogen-bond acceptors (Lipinski definition) is 18. The lowest BCUT2D eigenvalue weighted by molar-refractivity contribution is -0.379. The monoisotopic (exact) mass is 1510 g/mol. The van der Waals surface area contributed by atoms with E-state index < -0.39 is 124 Å². The highest BCUT2D eigenvalue weighted by Gasteiger charge is 2.54. The van der Waals surface area contributed by atoms with Crippen LogP contribution in [0.3, 0.4) is 0 Å². The maximum Gasteiger partial charge on any atom is 0.220 e. The van der Waals surface area contributed by atoms with Gasteiger partial charge in [0, 0.05) is 6.42 Å². The van der Waals surface area contributed by atoms with Crippen molar-refractivity contribution in [2.75, 3.05) is 26.4 Å². The number of ether oxygens (including phenoxy) is 6. The summed E-state index contributed by atoms with van der Waals surface area (Å²) >= 11 is 0. The van der Waals surface area contributed by atoms with Crippen LogP contribution in [-0.2, 0) is 33.2 Å². The molecule has 0 aromatic rings. The first-order chi connectivity index (χ1) is 52.3. The number of unbranched alkanes of at least 4 members (excludes halogenated alkanes) is 24. The summed E-state index contributed by atoms with van der Waals surface area (Å²) in [5.74, 6) is -0.288. The summed E-state index contributed by atoms with van der Waals surface area (Å²) in [6, 6.07) is -0.923. The van der Waals surface area contributed by atoms with Crippen LogP contribution >= 0.6 is 0 Å². The first kappa shape index (κ1) is 96.9. The number of carbonyl (C=O) groups is 1. The third-order valence-electron chi connectivity index (χ3n) is 19.7. The van der Waals surface area contributed by atoms with E-state index in [0.29, 0.717) is 19.3 Å². The lowest BCUT2D eigenvalue weighted by atomic mass is 9.96. The second-order valence-electron chi connectivity index (χ2n) is 28.9. The fourth-order valence-corrected chi connectivity index (χ4v) is 13.1. The molecule has 12 N–H and O–H groups in total. The molecular weight excluding hydrogens is 1360 g/mol. The van der Waals surface area contributed by atoms with Gasteiger partial charge < -0.3 is 89.9 Å². The molecule has 0 saturated carbocycles. The van der Waals surface area contributed by atoms with Crippen LogP contribution < -0.4 is 5.32 Å². The molecule has 3 heterocycles. The van der Waals surface area contributed by atoms with E-state index >= 15 is 0 Å². The molecule has 0 aromatic carbocycles. The Morgan fingerprint density at radius 2 is 0.645 bits per heavy atom. The molecule has 19 nitrogen and oxygen atoms in total. The second-order valence-corrected chi connectivity index (χ2v) is 28.9. The predicted molar refractivity (Wildman–Crippen MR) is 429 cm³/mol. The standard InChI is InChI=1S/C88H147NO18/c1-3-5-7-9-11-13-15-17-19-21-23-25-27-28-29-30-31-32-33-34-35-36-37-38-39-40-41-42-44-46-48-50-52-54-56-58-60-62-64-66-76(94)89-71(72(93)65-63-61-59-57-55-53-51-49-47-45-43-26-24-22-20-18-16-14-12-10-8-6-4-2)70-102-86-82(100)79(97)84(74(68-91)104-86)107-88-83(101)80(98)85(75(69-92)105-88)106-87-81(99)78(96)77(95)73(67-90)103-87/h5,7,11,13,17,19,23,25,28-29,31-32,34-35,37-38,40-41,44,46,50,52,56,58,71-75,77-88,90-93,95-101H,3-4,6,8-10,12,14-16,18,20-22,24,26-27,30,33,36,39,42-43,45,47-49,51,53-55,57,59-70H2,1-2H3,(H,89,94)/b7-5-,13-11-,19-17-,25-23-,29-28-,32-31-,35-34-,38-37-,41-40-,46-44-,52-50-,58-56-. The van der Waals surface area contributed by atoms with E-state index in [1.807, 2.05) is 0 Å². The lowest BCUT2D eigenvalue weighted by Crippen LogP contribution is -2.66. The van der Waals surface area contributed by atoms with Crippen molar-refractivity contribution in [2.24, 2.45) is 0 Å². The molecule has 19 heteroatoms. The van der Waals surface area contributed by atoms with Crippen molar-refractivity contribution in [3.05, 3.63) is 146 Å². The van der Waals surface area contributed by atoms with Crippen LogP contribution in [0.25, 0.3) is 0 Å². The molecule has 612 valence electrons. The highest BCUT2D eigenvalue weighted by Crippen LogP contribution is 2.33. The van der Waals surface area contributed by atoms with Crippen molar-refractivity contribution in [1.82, 2.24) is 5.32 Å². The number of amides is 1. The largest absolute Gasteiger partial charge is 0.394 e. The number of aliphatic hydroxyl groups is 11. The smallest absolute Gasteiger partial charge is 0.220 e. The van der Waals surface area contributed by atoms with E-state index in [-0.39, 0.29) is 18.9 Å². The number of rotatable bonds is 64. The van der Waals surface area contributed by atoms with E-state index in [2.05, 4.69) is 165 Å². The zero-order valence-corrected chi connectivity index (χ0v) is 65.6. The van der Waals surface area contributed by atoms with Gasteiger partial charge in [0.25, 0.3) is 0 Å². The molecule has 0 aliphatic carbocycles. The molecule has 0 radical (unpaired) electrons. The average molecular weight is 1510 g/mol. The summed E-state index contributed by atoms with van der Waals surface area (Å²) in [4.78, 5) is 13.5. The minimum atomic E-state index is -1.99. The molecule has 1 amide bonds. The van der Waals surface area contributed by atoms with Crippen molar-refractivity contribution in [3.63, 3.8) is 0 Å². The third-order valence-corrected chi connectivity index (χ3v) is 19.7. The first-order valence-electron chi connectivity index (χ1n) is 41.6. The Bertz CT molecular complexity index is 2500. The Balaban J connectivity index is 1.38. The zero-order valence-electron chi connectivity index (χ0n) is 65.6. The number of aliphatic hydroxyl groups excluding tert-OH is 11. The average Bonchev–Trinajstić information content (AvgIpc) is 0.781. The first-order valence-corrected chi connectivity index (χ1v) is 41.6. The van der Waals surface area contributed by atoms with Gasteiger partial charge in [0.05, 0.1) is 38.6 Å². The molecule has 0 spiro atoms. The van der Waals surface area contributed by atoms with Gasteiger partial charge in [0.2, 0.25) is 5.91 Å². The summed E-state index contributed by atoms with van der Waals surface area (Å²) in [7, 11) is 0. The number of carbonyl (C=O) groups excluding carboxylic acids is 1. The van der Waals surface area contributed by atoms with Crippen LogP contribution in [0.1, 0.15) is 271 Å². The summed E-state index contributed by atoms with van der Waals surface area (Å²) in [5.41, 5.74) is 0. The van der Waals surface area contributed by atoms with Crippen LogP contribution in [0, 0.1) is 0 Å². The Labute approximate surface area is 644 Å². The van der Waals surface area contributed by atoms with E-state index in [1.165, 1.54) is 122 Å². The lowest BCUT2D eigenvalue weighted by Gasteiger charge is -2.48. The predicted octanol–water partition coefficient (Wildman–Crippen LogP) is 14.6. The van der Waals surface area contributed by atoms with Gasteiger partial charge in [0.1, 0.15) is 73.2 Å². The normalized spacial score (nSPS) is 26.3. The Hall–Kier alpha value is -4.33. The summed E-state index contributed by atoms with van der Waals surface area (Å²) in [6.45, 7) is 1.67. The summed E-state index contributed by atoms with van der Waals surface area (Å²) in [5, 5.41) is 121. The Kier molecular flexibility index (Phi) is 60.0. The van der Waals surface area contributed by atoms with E-state index in [1.54, 1.807) is 0 Å². The molecule has 3 aliphatic rings. The van der Waals surface area contributed by atoms with Crippen molar-refractivity contribution in [3.8, 4) is 0 Å². The van der Waals surface area contributed by atoms with Gasteiger partial charge in [-0.05, 0) is 103 Å². The van der Waals surface area contributed by atoms with Crippen molar-refractivity contribution >= 4 is 5.91 Å². The number of hydrogen-bond donors (Lipinski definition) is 12. The van der Waals surface area contributed by atoms with Crippen molar-refractivity contribution in [1.29, 1.82) is 0 Å². The molecule has 0 aromatic heterocycles. The van der Waals surface area contributed by atoms with Crippen LogP contribution in [0.15, 0.2) is 146 Å². The van der Waals surface area contributed by atoms with Gasteiger partial charge in [-0.2, -0.15) is 0 Å². The van der Waals surface area contributed by atoms with Gasteiger partial charge >= 0.3 is 0 Å². The molecular formula is C88H147NO18. The number of nitrogens with one attached hydrogen (secondary N) is 1. The number of allylic oxidation sites excluding steroid dienone is 24. The van der Waals surface area contributed by atoms with Gasteiger partial charge in [-0.25, -0.2) is 0 Å². The second kappa shape index (κ2) is 66.3. The van der Waals surface area contributed by atoms with Crippen LogP contribution in [-0.4, -0.2) is 193 Å². The Morgan fingerprint density at radius 1 is 0.346 bits per heavy atom. The van der Waals surface area contributed by atoms with E-state index in [4.69, 9.17) is 28.4 Å². The van der Waals surface area contributed by atoms with Crippen molar-refractivity contribution in [2.45, 2.75) is 375 Å². The minimum Gasteiger partial charge on any atom is -0.394 e. The van der Waals surface area contributed by atoms with Gasteiger partial charge in [-0.1, -0.05) is 307 Å². The van der Waals surface area contributed by atoms with Crippen molar-refractivity contribution < 1.29 is 89.4 Å². The topological polar surface area (TPSA) is 307 Å². The SMILES string of the molecule is CC/C=C\C/C=C\C/C=C\C/C=C\C/C=C\C/C=C\C/C=C\C/C=C\C/C=C\C/C=C\C/C=C\C/C=C\CCCCC(=O)NC(COC1OC(CO)C(OC2OC(CO)C(OC3OC(CO)C(O)C(O)C3O)C(O)C2O)C(O)C1O)C(O)CCCCCCCCCCCCCCCCCCCCCCCCC. The quantitative estimate of drug-likeness (QED) is 0.0199. The summed E-state index contributed by atoms with van der Waals surface area (Å²) < 4.78 is 34.5. The molecule has 0 bridgehead atoms. The van der Waals surface area contributed by atoms with Gasteiger partial charge in [0.15, 0.2) is 18.9 Å². The molecule has 17 atom stereocenters. The van der Waals surface area contributed by atoms with Crippen LogP contribution in [0.2, 0.25) is 0 Å². The molecule has 3 aliphatic heterocycles. The fourth-order valence-electron chi connectivity index (χ4n) is 13.1. The zero-order chi connectivity index (χ0) is 77.4. The molecule has 17 unspecified atom stereocenters. The highest BCUT2D eigenvalue weighted by molar-refractivity contribution is 5.76. The van der Waals surface area contributed by atoms with Gasteiger partial charge in [-0.3, -0.25) is 4.79 Å². The minimum absolute atomic E-state index is 0.202. The Morgan fingerprint density at radius 3 is 0.991 bits per heavy atom. The molecule has 107 heavy (non-hydrogen) atoms. The van der Waals surface area contributed by atoms with Gasteiger partial charge in [-0.15, -0.1) is 0 Å². The van der Waals surface area contributed by atoms with Crippen LogP contribution in [0.4, 0.5) is 0 Å². The van der Waals surface area contributed by atoms with E-state index in [0.717, 1.165) is 109 Å². The maximum atomic E-state index is 13.5. The molecule has 3 saturated heterocycles. The summed E-state index contributed by atoms with van der Waals surface area (Å²) in [6.07, 6.45) is 69.3. The highest BCUT2D eigenvalue weighted by atomic mass is 16.8. The van der Waals surface area contributed by atoms with Crippen LogP contribution in [0.5, 0.6) is 0 Å². The third kappa shape index (κ3) is 45.7. The molecule has 3 fully saturated rings. The molecule has 3 rings (SSSR count).